The lowest BCUT2D eigenvalue weighted by atomic mass is 10.1. The molecule has 6 heteroatoms. The second-order valence-electron chi connectivity index (χ2n) is 4.56. The van der Waals surface area contributed by atoms with E-state index in [0.29, 0.717) is 0 Å². The van der Waals surface area contributed by atoms with Crippen LogP contribution in [0.25, 0.3) is 10.2 Å². The van der Waals surface area contributed by atoms with Gasteiger partial charge in [0.05, 0.1) is 31.8 Å². The summed E-state index contributed by atoms with van der Waals surface area (Å²) in [6, 6.07) is 8.52. The topological polar surface area (TPSA) is 50.7 Å². The first-order valence-electron chi connectivity index (χ1n) is 6.64. The van der Waals surface area contributed by atoms with Gasteiger partial charge in [-0.25, -0.2) is 4.98 Å². The summed E-state index contributed by atoms with van der Waals surface area (Å²) in [5, 5.41) is 8.72. The highest BCUT2D eigenvalue weighted by Gasteiger charge is 2.19. The van der Waals surface area contributed by atoms with Gasteiger partial charge in [-0.05, 0) is 37.1 Å². The minimum atomic E-state index is 0.241. The first-order valence-corrected chi connectivity index (χ1v) is 8.23. The quantitative estimate of drug-likeness (QED) is 0.786. The average molecular weight is 304 g/mol. The Hall–Kier alpha value is -1.37. The molecule has 0 saturated carbocycles. The number of nitrogens with zero attached hydrogens (tertiary/aromatic N) is 3. The van der Waals surface area contributed by atoms with Crippen molar-refractivity contribution in [2.24, 2.45) is 0 Å². The molecular weight excluding hydrogens is 288 g/mol. The van der Waals surface area contributed by atoms with Gasteiger partial charge < -0.3 is 5.32 Å². The Morgan fingerprint density at radius 1 is 1.30 bits per heavy atom. The van der Waals surface area contributed by atoms with Crippen molar-refractivity contribution >= 4 is 33.1 Å². The molecule has 3 rings (SSSR count). The molecule has 1 N–H and O–H groups in total. The van der Waals surface area contributed by atoms with Crippen molar-refractivity contribution in [2.45, 2.75) is 25.8 Å². The number of aryl methyl sites for hydroxylation is 1. The van der Waals surface area contributed by atoms with E-state index in [1.165, 1.54) is 21.1 Å². The normalized spacial score (nSPS) is 12.9. The Labute approximate surface area is 126 Å². The molecule has 20 heavy (non-hydrogen) atoms. The molecule has 4 nitrogen and oxygen atoms in total. The van der Waals surface area contributed by atoms with E-state index >= 15 is 0 Å². The number of aromatic nitrogens is 3. The van der Waals surface area contributed by atoms with Gasteiger partial charge in [0.1, 0.15) is 0 Å². The number of nitrogens with one attached hydrogen (secondary N) is 1. The maximum absolute atomic E-state index is 4.71. The van der Waals surface area contributed by atoms with E-state index in [1.807, 2.05) is 13.1 Å². The van der Waals surface area contributed by atoms with E-state index in [9.17, 15) is 0 Å². The van der Waals surface area contributed by atoms with Crippen LogP contribution in [0.4, 0.5) is 0 Å². The molecule has 0 radical (unpaired) electrons. The summed E-state index contributed by atoms with van der Waals surface area (Å²) < 4.78 is 5.33. The zero-order valence-corrected chi connectivity index (χ0v) is 13.1. The lowest BCUT2D eigenvalue weighted by molar-refractivity contribution is 0.594. The summed E-state index contributed by atoms with van der Waals surface area (Å²) in [4.78, 5) is 5.94. The molecule has 1 atom stereocenters. The molecule has 2 heterocycles. The predicted octanol–water partition coefficient (Wildman–Crippen LogP) is 3.21. The molecule has 0 aliphatic heterocycles. The third-order valence-corrected chi connectivity index (χ3v) is 5.24. The van der Waals surface area contributed by atoms with Crippen molar-refractivity contribution in [1.82, 2.24) is 19.9 Å². The van der Waals surface area contributed by atoms with Crippen molar-refractivity contribution in [3.8, 4) is 0 Å². The van der Waals surface area contributed by atoms with Crippen LogP contribution < -0.4 is 5.32 Å². The highest BCUT2D eigenvalue weighted by Crippen LogP contribution is 2.28. The first kappa shape index (κ1) is 13.6. The second-order valence-corrected chi connectivity index (χ2v) is 6.46. The van der Waals surface area contributed by atoms with E-state index in [4.69, 9.17) is 4.98 Å². The van der Waals surface area contributed by atoms with Gasteiger partial charge in [-0.1, -0.05) is 23.5 Å². The van der Waals surface area contributed by atoms with Crippen LogP contribution >= 0.6 is 22.9 Å². The smallest absolute Gasteiger partial charge is 0.0957 e. The summed E-state index contributed by atoms with van der Waals surface area (Å²) in [5.74, 6) is 0. The highest BCUT2D eigenvalue weighted by molar-refractivity contribution is 7.18. The number of benzene rings is 1. The highest BCUT2D eigenvalue weighted by atomic mass is 32.1. The average Bonchev–Trinajstić information content (AvgIpc) is 3.10. The molecule has 1 unspecified atom stereocenters. The fourth-order valence-corrected chi connectivity index (χ4v) is 4.09. The van der Waals surface area contributed by atoms with Gasteiger partial charge >= 0.3 is 0 Å². The maximum Gasteiger partial charge on any atom is 0.0957 e. The molecule has 3 aromatic rings. The summed E-state index contributed by atoms with van der Waals surface area (Å²) in [7, 11) is 1.98. The number of likely N-dealkylation sites (N-methyl/N-ethyl adjacent to an activating group) is 1. The van der Waals surface area contributed by atoms with E-state index in [0.717, 1.165) is 29.1 Å². The predicted molar refractivity (Wildman–Crippen MR) is 84.4 cm³/mol. The summed E-state index contributed by atoms with van der Waals surface area (Å²) in [6.45, 7) is 2.12. The SMILES string of the molecule is CCc1nnsc1C(Cc1nc2ccccc2s1)NC. The van der Waals surface area contributed by atoms with E-state index in [2.05, 4.69) is 40.0 Å². The van der Waals surface area contributed by atoms with Gasteiger partial charge in [0, 0.05) is 6.42 Å². The van der Waals surface area contributed by atoms with Crippen LogP contribution in [-0.2, 0) is 12.8 Å². The fourth-order valence-electron chi connectivity index (χ4n) is 2.23. The van der Waals surface area contributed by atoms with Gasteiger partial charge in [-0.3, -0.25) is 0 Å². The fraction of sp³-hybridized carbons (Fsp3) is 0.357. The molecule has 0 amide bonds. The molecular formula is C14H16N4S2. The Kier molecular flexibility index (Phi) is 4.05. The molecule has 0 bridgehead atoms. The minimum Gasteiger partial charge on any atom is -0.312 e. The molecule has 1 aromatic carbocycles. The number of fused-ring (bicyclic) bond motifs is 1. The number of hydrogen-bond acceptors (Lipinski definition) is 6. The van der Waals surface area contributed by atoms with Crippen LogP contribution in [0.2, 0.25) is 0 Å². The molecule has 0 spiro atoms. The maximum atomic E-state index is 4.71. The number of rotatable bonds is 5. The van der Waals surface area contributed by atoms with Crippen molar-refractivity contribution in [2.75, 3.05) is 7.05 Å². The zero-order valence-electron chi connectivity index (χ0n) is 11.5. The molecule has 0 saturated heterocycles. The Balaban J connectivity index is 1.87. The molecule has 104 valence electrons. The standard InChI is InChI=1S/C14H16N4S2/c1-3-9-14(20-18-17-9)11(15-2)8-13-16-10-6-4-5-7-12(10)19-13/h4-7,11,15H,3,8H2,1-2H3. The number of hydrogen-bond donors (Lipinski definition) is 1. The number of para-hydroxylation sites is 1. The van der Waals surface area contributed by atoms with Crippen LogP contribution in [0.15, 0.2) is 24.3 Å². The zero-order chi connectivity index (χ0) is 13.9. The van der Waals surface area contributed by atoms with Crippen molar-refractivity contribution < 1.29 is 0 Å². The molecule has 0 aliphatic rings. The van der Waals surface area contributed by atoms with Crippen molar-refractivity contribution in [3.05, 3.63) is 39.8 Å². The number of thiazole rings is 1. The van der Waals surface area contributed by atoms with Crippen LogP contribution in [-0.4, -0.2) is 21.6 Å². The lowest BCUT2D eigenvalue weighted by Gasteiger charge is -2.13. The van der Waals surface area contributed by atoms with Crippen LogP contribution in [0.1, 0.15) is 28.5 Å². The van der Waals surface area contributed by atoms with Crippen molar-refractivity contribution in [1.29, 1.82) is 0 Å². The minimum absolute atomic E-state index is 0.241. The van der Waals surface area contributed by atoms with Gasteiger partial charge in [0.2, 0.25) is 0 Å². The van der Waals surface area contributed by atoms with E-state index < -0.39 is 0 Å². The van der Waals surface area contributed by atoms with Crippen molar-refractivity contribution in [3.63, 3.8) is 0 Å². The Morgan fingerprint density at radius 3 is 2.90 bits per heavy atom. The lowest BCUT2D eigenvalue weighted by Crippen LogP contribution is -2.19. The first-order chi connectivity index (χ1) is 9.81. The monoisotopic (exact) mass is 304 g/mol. The second kappa shape index (κ2) is 5.95. The molecule has 0 aliphatic carbocycles. The Morgan fingerprint density at radius 2 is 2.15 bits per heavy atom. The molecule has 0 fully saturated rings. The summed E-state index contributed by atoms with van der Waals surface area (Å²) >= 11 is 3.25. The van der Waals surface area contributed by atoms with E-state index in [-0.39, 0.29) is 6.04 Å². The molecule has 2 aromatic heterocycles. The third kappa shape index (κ3) is 2.59. The van der Waals surface area contributed by atoms with Crippen LogP contribution in [0, 0.1) is 0 Å². The van der Waals surface area contributed by atoms with Gasteiger partial charge in [-0.15, -0.1) is 16.4 Å². The summed E-state index contributed by atoms with van der Waals surface area (Å²) in [6.07, 6.45) is 1.80. The third-order valence-electron chi connectivity index (χ3n) is 3.30. The summed E-state index contributed by atoms with van der Waals surface area (Å²) in [5.41, 5.74) is 2.18. The Bertz CT molecular complexity index is 671. The van der Waals surface area contributed by atoms with Gasteiger partial charge in [0.15, 0.2) is 0 Å². The van der Waals surface area contributed by atoms with E-state index in [1.54, 1.807) is 11.3 Å². The van der Waals surface area contributed by atoms with Crippen LogP contribution in [0.3, 0.4) is 0 Å². The van der Waals surface area contributed by atoms with Gasteiger partial charge in [0.25, 0.3) is 0 Å². The largest absolute Gasteiger partial charge is 0.312 e. The van der Waals surface area contributed by atoms with Gasteiger partial charge in [-0.2, -0.15) is 0 Å². The van der Waals surface area contributed by atoms with Crippen LogP contribution in [0.5, 0.6) is 0 Å².